The molecule has 0 amide bonds. The van der Waals surface area contributed by atoms with Gasteiger partial charge in [-0.15, -0.1) is 23.2 Å². The zero-order chi connectivity index (χ0) is 7.98. The Bertz CT molecular complexity index is 80.1. The van der Waals surface area contributed by atoms with Gasteiger partial charge in [0.05, 0.1) is 11.4 Å². The predicted octanol–water partition coefficient (Wildman–Crippen LogP) is 0.941. The topological polar surface area (TPSA) is 15.3 Å². The van der Waals surface area contributed by atoms with Crippen LogP contribution in [-0.4, -0.2) is 43.5 Å². The van der Waals surface area contributed by atoms with Gasteiger partial charge < -0.3 is 5.32 Å². The van der Waals surface area contributed by atoms with Crippen LogP contribution in [0, 0.1) is 0 Å². The maximum atomic E-state index is 5.82. The number of hydrogen-bond acceptors (Lipinski definition) is 2. The van der Waals surface area contributed by atoms with E-state index in [2.05, 4.69) is 5.32 Å². The molecular formula is C6H14Cl2N2. The molecule has 0 spiro atoms. The molecule has 0 aromatic rings. The maximum Gasteiger partial charge on any atom is 0.0985 e. The average molecular weight is 185 g/mol. The summed E-state index contributed by atoms with van der Waals surface area (Å²) in [4.78, 5) is 2.01. The van der Waals surface area contributed by atoms with Crippen molar-refractivity contribution >= 4 is 23.2 Å². The number of rotatable bonds is 5. The van der Waals surface area contributed by atoms with Gasteiger partial charge in [0.15, 0.2) is 0 Å². The molecule has 1 unspecified atom stereocenters. The molecule has 0 aliphatic heterocycles. The van der Waals surface area contributed by atoms with Crippen molar-refractivity contribution in [3.63, 3.8) is 0 Å². The van der Waals surface area contributed by atoms with Crippen molar-refractivity contribution < 1.29 is 0 Å². The van der Waals surface area contributed by atoms with Crippen molar-refractivity contribution in [3.05, 3.63) is 0 Å². The normalized spacial score (nSPS) is 14.1. The smallest absolute Gasteiger partial charge is 0.0985 e. The third-order valence-electron chi connectivity index (χ3n) is 1.32. The minimum atomic E-state index is -0.0463. The fraction of sp³-hybridized carbons (Fsp3) is 1.00. The van der Waals surface area contributed by atoms with Gasteiger partial charge in [-0.05, 0) is 14.1 Å². The lowest BCUT2D eigenvalue weighted by atomic mass is 10.5. The number of halogens is 2. The van der Waals surface area contributed by atoms with E-state index < -0.39 is 0 Å². The standard InChI is InChI=1S/C6H14Cl2N2/c1-9-3-4-10(2)6(8)5-7/h6,9H,3-5H2,1-2H3. The summed E-state index contributed by atoms with van der Waals surface area (Å²) in [5.74, 6) is 0.474. The zero-order valence-electron chi connectivity index (χ0n) is 6.40. The molecular weight excluding hydrogens is 171 g/mol. The second-order valence-electron chi connectivity index (χ2n) is 2.17. The van der Waals surface area contributed by atoms with Crippen LogP contribution >= 0.6 is 23.2 Å². The molecule has 0 fully saturated rings. The highest BCUT2D eigenvalue weighted by Crippen LogP contribution is 2.02. The molecule has 0 aromatic carbocycles. The minimum absolute atomic E-state index is 0.0463. The summed E-state index contributed by atoms with van der Waals surface area (Å²) < 4.78 is 0. The SMILES string of the molecule is CNCCN(C)C(Cl)CCl. The van der Waals surface area contributed by atoms with Crippen molar-refractivity contribution in [2.24, 2.45) is 0 Å². The van der Waals surface area contributed by atoms with Crippen molar-refractivity contribution in [1.82, 2.24) is 10.2 Å². The molecule has 62 valence electrons. The first kappa shape index (κ1) is 10.5. The molecule has 0 radical (unpaired) electrons. The lowest BCUT2D eigenvalue weighted by Gasteiger charge is -2.19. The quantitative estimate of drug-likeness (QED) is 0.506. The molecule has 0 saturated carbocycles. The number of likely N-dealkylation sites (N-methyl/N-ethyl adjacent to an activating group) is 2. The molecule has 1 N–H and O–H groups in total. The Balaban J connectivity index is 3.31. The largest absolute Gasteiger partial charge is 0.318 e. The summed E-state index contributed by atoms with van der Waals surface area (Å²) >= 11 is 11.3. The van der Waals surface area contributed by atoms with Gasteiger partial charge in [0, 0.05) is 13.1 Å². The first-order valence-electron chi connectivity index (χ1n) is 3.27. The van der Waals surface area contributed by atoms with E-state index in [0.29, 0.717) is 5.88 Å². The Kier molecular flexibility index (Phi) is 6.54. The van der Waals surface area contributed by atoms with E-state index in [9.17, 15) is 0 Å². The molecule has 2 nitrogen and oxygen atoms in total. The highest BCUT2D eigenvalue weighted by Gasteiger charge is 2.07. The summed E-state index contributed by atoms with van der Waals surface area (Å²) in [5.41, 5.74) is -0.0463. The van der Waals surface area contributed by atoms with Gasteiger partial charge in [-0.3, -0.25) is 4.90 Å². The van der Waals surface area contributed by atoms with E-state index in [1.54, 1.807) is 0 Å². The molecule has 10 heavy (non-hydrogen) atoms. The van der Waals surface area contributed by atoms with Crippen molar-refractivity contribution in [2.75, 3.05) is 33.1 Å². The molecule has 0 aromatic heterocycles. The maximum absolute atomic E-state index is 5.82. The molecule has 0 heterocycles. The van der Waals surface area contributed by atoms with Crippen LogP contribution in [0.3, 0.4) is 0 Å². The van der Waals surface area contributed by atoms with Crippen LogP contribution in [-0.2, 0) is 0 Å². The van der Waals surface area contributed by atoms with Gasteiger partial charge in [0.2, 0.25) is 0 Å². The van der Waals surface area contributed by atoms with Crippen LogP contribution in [0.1, 0.15) is 0 Å². The number of hydrogen-bond donors (Lipinski definition) is 1. The Morgan fingerprint density at radius 1 is 1.60 bits per heavy atom. The fourth-order valence-electron chi connectivity index (χ4n) is 0.546. The van der Waals surface area contributed by atoms with Crippen molar-refractivity contribution in [3.8, 4) is 0 Å². The van der Waals surface area contributed by atoms with Crippen LogP contribution in [0.4, 0.5) is 0 Å². The molecule has 0 saturated heterocycles. The average Bonchev–Trinajstić information content (AvgIpc) is 1.98. The summed E-state index contributed by atoms with van der Waals surface area (Å²) in [6, 6.07) is 0. The second kappa shape index (κ2) is 6.23. The van der Waals surface area contributed by atoms with Crippen molar-refractivity contribution in [1.29, 1.82) is 0 Å². The fourth-order valence-corrected chi connectivity index (χ4v) is 0.879. The summed E-state index contributed by atoms with van der Waals surface area (Å²) in [7, 11) is 3.87. The van der Waals surface area contributed by atoms with Crippen molar-refractivity contribution in [2.45, 2.75) is 5.50 Å². The summed E-state index contributed by atoms with van der Waals surface area (Å²) in [6.45, 7) is 1.87. The van der Waals surface area contributed by atoms with Crippen LogP contribution in [0.25, 0.3) is 0 Å². The first-order chi connectivity index (χ1) is 4.72. The van der Waals surface area contributed by atoms with E-state index >= 15 is 0 Å². The van der Waals surface area contributed by atoms with Gasteiger partial charge in [0.1, 0.15) is 0 Å². The Morgan fingerprint density at radius 3 is 2.60 bits per heavy atom. The molecule has 0 aliphatic rings. The second-order valence-corrected chi connectivity index (χ2v) is 2.99. The first-order valence-corrected chi connectivity index (χ1v) is 4.24. The molecule has 4 heteroatoms. The van der Waals surface area contributed by atoms with E-state index in [1.165, 1.54) is 0 Å². The Hall–Kier alpha value is 0.500. The van der Waals surface area contributed by atoms with E-state index in [0.717, 1.165) is 13.1 Å². The third kappa shape index (κ3) is 4.34. The summed E-state index contributed by atoms with van der Waals surface area (Å²) in [5, 5.41) is 3.03. The minimum Gasteiger partial charge on any atom is -0.318 e. The van der Waals surface area contributed by atoms with Gasteiger partial charge in [-0.1, -0.05) is 0 Å². The number of nitrogens with one attached hydrogen (secondary N) is 1. The van der Waals surface area contributed by atoms with Crippen LogP contribution in [0.5, 0.6) is 0 Å². The Labute approximate surface area is 72.5 Å². The Morgan fingerprint density at radius 2 is 2.20 bits per heavy atom. The highest BCUT2D eigenvalue weighted by atomic mass is 35.5. The van der Waals surface area contributed by atoms with Gasteiger partial charge >= 0.3 is 0 Å². The lowest BCUT2D eigenvalue weighted by molar-refractivity contribution is 0.326. The van der Waals surface area contributed by atoms with E-state index in [4.69, 9.17) is 23.2 Å². The van der Waals surface area contributed by atoms with Crippen LogP contribution in [0.2, 0.25) is 0 Å². The molecule has 0 aliphatic carbocycles. The monoisotopic (exact) mass is 184 g/mol. The molecule has 0 rings (SSSR count). The molecule has 1 atom stereocenters. The van der Waals surface area contributed by atoms with Crippen LogP contribution in [0.15, 0.2) is 0 Å². The van der Waals surface area contributed by atoms with Gasteiger partial charge in [0.25, 0.3) is 0 Å². The highest BCUT2D eigenvalue weighted by molar-refractivity contribution is 6.27. The number of nitrogens with zero attached hydrogens (tertiary/aromatic N) is 1. The lowest BCUT2D eigenvalue weighted by Crippen LogP contribution is -2.33. The molecule has 0 bridgehead atoms. The number of alkyl halides is 2. The zero-order valence-corrected chi connectivity index (χ0v) is 7.91. The van der Waals surface area contributed by atoms with Gasteiger partial charge in [-0.2, -0.15) is 0 Å². The van der Waals surface area contributed by atoms with E-state index in [1.807, 2.05) is 19.0 Å². The third-order valence-corrected chi connectivity index (χ3v) is 2.26. The van der Waals surface area contributed by atoms with Gasteiger partial charge in [-0.25, -0.2) is 0 Å². The summed E-state index contributed by atoms with van der Waals surface area (Å²) in [6.07, 6.45) is 0. The van der Waals surface area contributed by atoms with Crippen LogP contribution < -0.4 is 5.32 Å². The van der Waals surface area contributed by atoms with E-state index in [-0.39, 0.29) is 5.50 Å². The predicted molar refractivity (Wildman–Crippen MR) is 46.9 cm³/mol.